The molecule has 1 aliphatic heterocycles. The van der Waals surface area contributed by atoms with Crippen LogP contribution in [0.1, 0.15) is 42.9 Å². The summed E-state index contributed by atoms with van der Waals surface area (Å²) in [6.07, 6.45) is 5.44. The SMILES string of the molecule is COc1ccc(N2C(=NO)c3ccccc3C2C=O)cc1OC1CCCC1. The smallest absolute Gasteiger partial charge is 0.181 e. The maximum Gasteiger partial charge on any atom is 0.181 e. The standard InChI is InChI=1S/C21H22N2O4/c1-26-19-11-10-14(12-20(19)27-15-6-2-3-7-15)23-18(13-24)16-8-4-5-9-17(16)21(23)22-25/h4-5,8-13,15,18,25H,2-3,6-7H2,1H3. The summed E-state index contributed by atoms with van der Waals surface area (Å²) < 4.78 is 11.6. The average molecular weight is 366 g/mol. The number of hydrogen-bond donors (Lipinski definition) is 1. The van der Waals surface area contributed by atoms with Crippen LogP contribution in [0, 0.1) is 0 Å². The first kappa shape index (κ1) is 17.4. The molecule has 0 spiro atoms. The van der Waals surface area contributed by atoms with Gasteiger partial charge in [-0.05, 0) is 43.4 Å². The van der Waals surface area contributed by atoms with E-state index in [1.54, 1.807) is 12.0 Å². The fourth-order valence-electron chi connectivity index (χ4n) is 3.97. The van der Waals surface area contributed by atoms with Gasteiger partial charge in [-0.2, -0.15) is 0 Å². The summed E-state index contributed by atoms with van der Waals surface area (Å²) in [6, 6.07) is 12.4. The lowest BCUT2D eigenvalue weighted by Crippen LogP contribution is -2.29. The monoisotopic (exact) mass is 366 g/mol. The van der Waals surface area contributed by atoms with Crippen molar-refractivity contribution < 1.29 is 19.5 Å². The topological polar surface area (TPSA) is 71.4 Å². The number of nitrogens with zero attached hydrogens (tertiary/aromatic N) is 2. The molecule has 1 heterocycles. The predicted octanol–water partition coefficient (Wildman–Crippen LogP) is 3.91. The summed E-state index contributed by atoms with van der Waals surface area (Å²) in [5, 5.41) is 13.1. The molecule has 6 heteroatoms. The first-order valence-corrected chi connectivity index (χ1v) is 9.17. The number of rotatable bonds is 5. The molecule has 0 bridgehead atoms. The van der Waals surface area contributed by atoms with Crippen LogP contribution in [-0.2, 0) is 4.79 Å². The number of carbonyl (C=O) groups excluding carboxylic acids is 1. The number of benzene rings is 2. The van der Waals surface area contributed by atoms with Crippen molar-refractivity contribution >= 4 is 17.8 Å². The zero-order valence-electron chi connectivity index (χ0n) is 15.2. The molecule has 1 aliphatic carbocycles. The normalized spacial score (nSPS) is 20.7. The summed E-state index contributed by atoms with van der Waals surface area (Å²) in [4.78, 5) is 13.6. The van der Waals surface area contributed by atoms with Crippen molar-refractivity contribution in [3.63, 3.8) is 0 Å². The maximum atomic E-state index is 11.9. The van der Waals surface area contributed by atoms with Gasteiger partial charge in [-0.3, -0.25) is 0 Å². The van der Waals surface area contributed by atoms with Gasteiger partial charge in [0.15, 0.2) is 17.3 Å². The molecule has 1 saturated carbocycles. The summed E-state index contributed by atoms with van der Waals surface area (Å²) in [5.41, 5.74) is 2.27. The van der Waals surface area contributed by atoms with E-state index < -0.39 is 6.04 Å². The Balaban J connectivity index is 1.75. The van der Waals surface area contributed by atoms with Gasteiger partial charge in [0.2, 0.25) is 0 Å². The number of methoxy groups -OCH3 is 1. The quantitative estimate of drug-likeness (QED) is 0.493. The number of hydrogen-bond acceptors (Lipinski definition) is 5. The molecular weight excluding hydrogens is 344 g/mol. The Hall–Kier alpha value is -3.02. The van der Waals surface area contributed by atoms with E-state index in [-0.39, 0.29) is 6.10 Å². The lowest BCUT2D eigenvalue weighted by atomic mass is 10.1. The molecule has 0 aromatic heterocycles. The summed E-state index contributed by atoms with van der Waals surface area (Å²) in [5.74, 6) is 1.63. The highest BCUT2D eigenvalue weighted by Gasteiger charge is 2.36. The van der Waals surface area contributed by atoms with E-state index in [9.17, 15) is 10.0 Å². The molecule has 1 atom stereocenters. The van der Waals surface area contributed by atoms with Crippen molar-refractivity contribution in [1.82, 2.24) is 0 Å². The fourth-order valence-corrected chi connectivity index (χ4v) is 3.97. The van der Waals surface area contributed by atoms with Crippen molar-refractivity contribution in [3.8, 4) is 11.5 Å². The lowest BCUT2D eigenvalue weighted by molar-refractivity contribution is -0.108. The second-order valence-electron chi connectivity index (χ2n) is 6.82. The highest BCUT2D eigenvalue weighted by atomic mass is 16.5. The molecule has 4 rings (SSSR count). The summed E-state index contributed by atoms with van der Waals surface area (Å²) >= 11 is 0. The Bertz CT molecular complexity index is 874. The van der Waals surface area contributed by atoms with Crippen LogP contribution >= 0.6 is 0 Å². The molecule has 2 aromatic carbocycles. The number of carbonyl (C=O) groups is 1. The third-order valence-corrected chi connectivity index (χ3v) is 5.27. The Morgan fingerprint density at radius 1 is 1.15 bits per heavy atom. The van der Waals surface area contributed by atoms with Gasteiger partial charge in [0.05, 0.1) is 13.2 Å². The van der Waals surface area contributed by atoms with Crippen molar-refractivity contribution in [3.05, 3.63) is 53.6 Å². The molecule has 0 radical (unpaired) electrons. The molecule has 2 aliphatic rings. The molecule has 27 heavy (non-hydrogen) atoms. The van der Waals surface area contributed by atoms with Crippen LogP contribution in [-0.4, -0.2) is 30.5 Å². The van der Waals surface area contributed by atoms with Crippen molar-refractivity contribution in [2.24, 2.45) is 5.16 Å². The molecule has 1 fully saturated rings. The number of aldehydes is 1. The van der Waals surface area contributed by atoms with Crippen LogP contribution in [0.25, 0.3) is 0 Å². The van der Waals surface area contributed by atoms with Gasteiger partial charge in [0.1, 0.15) is 12.3 Å². The molecule has 1 N–H and O–H groups in total. The second-order valence-corrected chi connectivity index (χ2v) is 6.82. The molecule has 1 unspecified atom stereocenters. The lowest BCUT2D eigenvalue weighted by Gasteiger charge is -2.25. The number of oxime groups is 1. The van der Waals surface area contributed by atoms with Crippen LogP contribution in [0.2, 0.25) is 0 Å². The van der Waals surface area contributed by atoms with Gasteiger partial charge in [0.25, 0.3) is 0 Å². The molecule has 140 valence electrons. The van der Waals surface area contributed by atoms with Crippen molar-refractivity contribution in [2.75, 3.05) is 12.0 Å². The van der Waals surface area contributed by atoms with Crippen LogP contribution in [0.4, 0.5) is 5.69 Å². The van der Waals surface area contributed by atoms with Crippen molar-refractivity contribution in [1.29, 1.82) is 0 Å². The van der Waals surface area contributed by atoms with Gasteiger partial charge >= 0.3 is 0 Å². The number of ether oxygens (including phenoxy) is 2. The van der Waals surface area contributed by atoms with Gasteiger partial charge in [-0.25, -0.2) is 0 Å². The molecule has 6 nitrogen and oxygen atoms in total. The number of fused-ring (bicyclic) bond motifs is 1. The Labute approximate surface area is 158 Å². The first-order chi connectivity index (χ1) is 13.3. The van der Waals surface area contributed by atoms with Crippen molar-refractivity contribution in [2.45, 2.75) is 37.8 Å². The minimum Gasteiger partial charge on any atom is -0.493 e. The molecular formula is C21H22N2O4. The highest BCUT2D eigenvalue weighted by molar-refractivity contribution is 6.16. The van der Waals surface area contributed by atoms with Crippen LogP contribution in [0.5, 0.6) is 11.5 Å². The highest BCUT2D eigenvalue weighted by Crippen LogP contribution is 2.41. The van der Waals surface area contributed by atoms with E-state index in [4.69, 9.17) is 9.47 Å². The maximum absolute atomic E-state index is 11.9. The van der Waals surface area contributed by atoms with E-state index in [2.05, 4.69) is 5.16 Å². The van der Waals surface area contributed by atoms with E-state index in [1.165, 1.54) is 12.8 Å². The number of amidine groups is 1. The van der Waals surface area contributed by atoms with Gasteiger partial charge in [-0.1, -0.05) is 29.4 Å². The molecule has 0 amide bonds. The molecule has 2 aromatic rings. The third kappa shape index (κ3) is 3.01. The fraction of sp³-hybridized carbons (Fsp3) is 0.333. The van der Waals surface area contributed by atoms with Gasteiger partial charge < -0.3 is 24.4 Å². The Morgan fingerprint density at radius 2 is 1.93 bits per heavy atom. The Kier molecular flexibility index (Phi) is 4.71. The second kappa shape index (κ2) is 7.31. The van der Waals surface area contributed by atoms with Gasteiger partial charge in [0, 0.05) is 17.3 Å². The zero-order chi connectivity index (χ0) is 18.8. The van der Waals surface area contributed by atoms with E-state index in [1.807, 2.05) is 42.5 Å². The minimum absolute atomic E-state index is 0.178. The summed E-state index contributed by atoms with van der Waals surface area (Å²) in [6.45, 7) is 0. The predicted molar refractivity (Wildman–Crippen MR) is 102 cm³/mol. The average Bonchev–Trinajstić information content (AvgIpc) is 3.33. The summed E-state index contributed by atoms with van der Waals surface area (Å²) in [7, 11) is 1.61. The molecule has 0 saturated heterocycles. The first-order valence-electron chi connectivity index (χ1n) is 9.17. The van der Waals surface area contributed by atoms with E-state index in [0.29, 0.717) is 23.0 Å². The zero-order valence-corrected chi connectivity index (χ0v) is 15.2. The third-order valence-electron chi connectivity index (χ3n) is 5.27. The largest absolute Gasteiger partial charge is 0.493 e. The van der Waals surface area contributed by atoms with Gasteiger partial charge in [-0.15, -0.1) is 0 Å². The van der Waals surface area contributed by atoms with E-state index in [0.717, 1.165) is 30.3 Å². The van der Waals surface area contributed by atoms with Crippen LogP contribution in [0.3, 0.4) is 0 Å². The van der Waals surface area contributed by atoms with Crippen LogP contribution < -0.4 is 14.4 Å². The van der Waals surface area contributed by atoms with E-state index >= 15 is 0 Å². The van der Waals surface area contributed by atoms with Crippen LogP contribution in [0.15, 0.2) is 47.6 Å². The minimum atomic E-state index is -0.556. The number of anilines is 1. The Morgan fingerprint density at radius 3 is 2.63 bits per heavy atom.